The molecule has 148 valence electrons. The van der Waals surface area contributed by atoms with Gasteiger partial charge in [-0.15, -0.1) is 11.3 Å². The van der Waals surface area contributed by atoms with Gasteiger partial charge in [0.1, 0.15) is 23.1 Å². The summed E-state index contributed by atoms with van der Waals surface area (Å²) < 4.78 is 15.6. The van der Waals surface area contributed by atoms with Gasteiger partial charge in [-0.05, 0) is 48.6 Å². The molecule has 1 aliphatic heterocycles. The lowest BCUT2D eigenvalue weighted by atomic mass is 9.96. The van der Waals surface area contributed by atoms with E-state index in [1.165, 1.54) is 17.4 Å². The molecule has 3 amide bonds. The highest BCUT2D eigenvalue weighted by molar-refractivity contribution is 7.14. The van der Waals surface area contributed by atoms with Gasteiger partial charge in [-0.1, -0.05) is 0 Å². The van der Waals surface area contributed by atoms with Gasteiger partial charge < -0.3 is 19.5 Å². The molecule has 2 heterocycles. The van der Waals surface area contributed by atoms with E-state index < -0.39 is 17.9 Å². The number of carbonyl (C=O) groups is 3. The predicted molar refractivity (Wildman–Crippen MR) is 103 cm³/mol. The molecule has 0 spiro atoms. The van der Waals surface area contributed by atoms with Crippen LogP contribution < -0.4 is 20.1 Å². The fourth-order valence-corrected chi connectivity index (χ4v) is 3.58. The van der Waals surface area contributed by atoms with E-state index in [-0.39, 0.29) is 24.7 Å². The maximum Gasteiger partial charge on any atom is 0.414 e. The molecular formula is C19H20N2O6S. The van der Waals surface area contributed by atoms with Crippen molar-refractivity contribution in [2.24, 2.45) is 5.92 Å². The molecule has 28 heavy (non-hydrogen) atoms. The predicted octanol–water partition coefficient (Wildman–Crippen LogP) is 2.83. The number of thiophene rings is 1. The summed E-state index contributed by atoms with van der Waals surface area (Å²) in [5, 5.41) is 6.90. The molecular weight excluding hydrogens is 384 g/mol. The first-order chi connectivity index (χ1) is 13.5. The second-order valence-corrected chi connectivity index (χ2v) is 6.93. The van der Waals surface area contributed by atoms with Crippen LogP contribution in [0.15, 0.2) is 29.6 Å². The van der Waals surface area contributed by atoms with Crippen molar-refractivity contribution in [3.05, 3.63) is 40.8 Å². The lowest BCUT2D eigenvalue weighted by Crippen LogP contribution is -2.34. The lowest BCUT2D eigenvalue weighted by molar-refractivity contribution is -0.121. The van der Waals surface area contributed by atoms with E-state index in [1.54, 1.807) is 25.5 Å². The summed E-state index contributed by atoms with van der Waals surface area (Å²) in [5.41, 5.74) is 1.09. The SMILES string of the molecule is CCOC(=O)NC(=O)c1ccsc1NC(=O)[C@H]1COc2ccc(OC)cc2C1. The molecule has 1 aromatic carbocycles. The molecule has 1 aromatic heterocycles. The van der Waals surface area contributed by atoms with Gasteiger partial charge >= 0.3 is 6.09 Å². The molecule has 0 saturated heterocycles. The minimum Gasteiger partial charge on any atom is -0.497 e. The van der Waals surface area contributed by atoms with E-state index >= 15 is 0 Å². The van der Waals surface area contributed by atoms with Gasteiger partial charge in [-0.3, -0.25) is 14.9 Å². The number of benzene rings is 1. The molecule has 9 heteroatoms. The Bertz CT molecular complexity index is 894. The number of hydrogen-bond donors (Lipinski definition) is 2. The molecule has 0 unspecified atom stereocenters. The second-order valence-electron chi connectivity index (χ2n) is 6.01. The third-order valence-electron chi connectivity index (χ3n) is 4.18. The number of imide groups is 1. The van der Waals surface area contributed by atoms with Crippen molar-refractivity contribution >= 4 is 34.2 Å². The Morgan fingerprint density at radius 2 is 2.11 bits per heavy atom. The zero-order valence-electron chi connectivity index (χ0n) is 15.4. The summed E-state index contributed by atoms with van der Waals surface area (Å²) in [7, 11) is 1.58. The van der Waals surface area contributed by atoms with Gasteiger partial charge in [0.15, 0.2) is 0 Å². The normalized spacial score (nSPS) is 15.0. The van der Waals surface area contributed by atoms with Gasteiger partial charge in [-0.2, -0.15) is 0 Å². The van der Waals surface area contributed by atoms with E-state index in [4.69, 9.17) is 14.2 Å². The Balaban J connectivity index is 1.66. The number of ether oxygens (including phenoxy) is 3. The van der Waals surface area contributed by atoms with Gasteiger partial charge in [0.05, 0.1) is 25.2 Å². The highest BCUT2D eigenvalue weighted by Gasteiger charge is 2.28. The number of methoxy groups -OCH3 is 1. The van der Waals surface area contributed by atoms with Crippen LogP contribution in [0.5, 0.6) is 11.5 Å². The molecule has 1 atom stereocenters. The van der Waals surface area contributed by atoms with Crippen LogP contribution in [0.3, 0.4) is 0 Å². The first-order valence-corrected chi connectivity index (χ1v) is 9.56. The zero-order chi connectivity index (χ0) is 20.1. The fourth-order valence-electron chi connectivity index (χ4n) is 2.79. The highest BCUT2D eigenvalue weighted by atomic mass is 32.1. The van der Waals surface area contributed by atoms with Crippen LogP contribution in [-0.4, -0.2) is 38.2 Å². The first kappa shape index (κ1) is 19.7. The van der Waals surface area contributed by atoms with Gasteiger partial charge in [0.2, 0.25) is 5.91 Å². The Kier molecular flexibility index (Phi) is 6.15. The third-order valence-corrected chi connectivity index (χ3v) is 5.01. The highest BCUT2D eigenvalue weighted by Crippen LogP contribution is 2.32. The van der Waals surface area contributed by atoms with Crippen LogP contribution in [0.25, 0.3) is 0 Å². The van der Waals surface area contributed by atoms with Gasteiger partial charge in [0.25, 0.3) is 5.91 Å². The molecule has 2 N–H and O–H groups in total. The quantitative estimate of drug-likeness (QED) is 0.794. The summed E-state index contributed by atoms with van der Waals surface area (Å²) in [6, 6.07) is 7.00. The lowest BCUT2D eigenvalue weighted by Gasteiger charge is -2.25. The number of amides is 3. The molecule has 0 bridgehead atoms. The van der Waals surface area contributed by atoms with Crippen LogP contribution in [0.2, 0.25) is 0 Å². The first-order valence-electron chi connectivity index (χ1n) is 8.68. The summed E-state index contributed by atoms with van der Waals surface area (Å²) >= 11 is 1.20. The maximum atomic E-state index is 12.7. The van der Waals surface area contributed by atoms with E-state index in [9.17, 15) is 14.4 Å². The molecule has 0 fully saturated rings. The zero-order valence-corrected chi connectivity index (χ0v) is 16.3. The van der Waals surface area contributed by atoms with Crippen LogP contribution >= 0.6 is 11.3 Å². The monoisotopic (exact) mass is 404 g/mol. The summed E-state index contributed by atoms with van der Waals surface area (Å²) in [6.45, 7) is 2.03. The number of alkyl carbamates (subject to hydrolysis) is 1. The van der Waals surface area contributed by atoms with E-state index in [2.05, 4.69) is 10.6 Å². The fraction of sp³-hybridized carbons (Fsp3) is 0.316. The Morgan fingerprint density at radius 3 is 2.86 bits per heavy atom. The number of rotatable bonds is 5. The molecule has 1 aliphatic rings. The van der Waals surface area contributed by atoms with Crippen LogP contribution in [0.4, 0.5) is 9.80 Å². The van der Waals surface area contributed by atoms with E-state index in [1.807, 2.05) is 12.1 Å². The van der Waals surface area contributed by atoms with Crippen LogP contribution in [-0.2, 0) is 16.0 Å². The Labute approximate surface area is 165 Å². The molecule has 0 saturated carbocycles. The van der Waals surface area contributed by atoms with Crippen molar-refractivity contribution in [2.75, 3.05) is 25.6 Å². The second kappa shape index (κ2) is 8.75. The van der Waals surface area contributed by atoms with Crippen molar-refractivity contribution in [2.45, 2.75) is 13.3 Å². The van der Waals surface area contributed by atoms with Crippen molar-refractivity contribution in [3.63, 3.8) is 0 Å². The molecule has 2 aromatic rings. The van der Waals surface area contributed by atoms with Crippen molar-refractivity contribution in [3.8, 4) is 11.5 Å². The topological polar surface area (TPSA) is 103 Å². The van der Waals surface area contributed by atoms with E-state index in [0.717, 1.165) is 11.3 Å². The number of nitrogens with one attached hydrogen (secondary N) is 2. The van der Waals surface area contributed by atoms with Gasteiger partial charge in [0, 0.05) is 0 Å². The summed E-state index contributed by atoms with van der Waals surface area (Å²) in [6.07, 6.45) is -0.337. The van der Waals surface area contributed by atoms with Gasteiger partial charge in [-0.25, -0.2) is 4.79 Å². The summed E-state index contributed by atoms with van der Waals surface area (Å²) in [4.78, 5) is 36.3. The maximum absolute atomic E-state index is 12.7. The number of anilines is 1. The smallest absolute Gasteiger partial charge is 0.414 e. The Morgan fingerprint density at radius 1 is 1.29 bits per heavy atom. The number of fused-ring (bicyclic) bond motifs is 1. The minimum absolute atomic E-state index is 0.153. The molecule has 3 rings (SSSR count). The number of carbonyl (C=O) groups excluding carboxylic acids is 3. The third kappa shape index (κ3) is 4.42. The summed E-state index contributed by atoms with van der Waals surface area (Å²) in [5.74, 6) is 0.115. The minimum atomic E-state index is -0.831. The number of hydrogen-bond acceptors (Lipinski definition) is 7. The molecule has 0 aliphatic carbocycles. The average Bonchev–Trinajstić information content (AvgIpc) is 3.15. The van der Waals surface area contributed by atoms with Crippen molar-refractivity contribution in [1.29, 1.82) is 0 Å². The van der Waals surface area contributed by atoms with Crippen molar-refractivity contribution in [1.82, 2.24) is 5.32 Å². The van der Waals surface area contributed by atoms with Crippen LogP contribution in [0, 0.1) is 5.92 Å². The molecule has 8 nitrogen and oxygen atoms in total. The Hall–Kier alpha value is -3.07. The van der Waals surface area contributed by atoms with Crippen LogP contribution in [0.1, 0.15) is 22.8 Å². The largest absolute Gasteiger partial charge is 0.497 e. The molecule has 0 radical (unpaired) electrons. The standard InChI is InChI=1S/C19H20N2O6S/c1-3-26-19(24)21-17(23)14-6-7-28-18(14)20-16(22)12-8-11-9-13(25-2)4-5-15(11)27-10-12/h4-7,9,12H,3,8,10H2,1-2H3,(H,20,22)(H,21,23,24)/t12-/m1/s1. The van der Waals surface area contributed by atoms with E-state index in [0.29, 0.717) is 17.2 Å². The average molecular weight is 404 g/mol. The van der Waals surface area contributed by atoms with Crippen molar-refractivity contribution < 1.29 is 28.6 Å².